The van der Waals surface area contributed by atoms with Crippen LogP contribution in [-0.4, -0.2) is 10.9 Å². The standard InChI is InChI=1S/C16H18FN3O/c1-10-4-5-15(7-16(10)20-12(3)21)19-11(2)13-6-14(17)9-18-8-13/h4-9,11,19H,1-3H3,(H,20,21). The van der Waals surface area contributed by atoms with Crippen LogP contribution in [0.1, 0.15) is 31.0 Å². The van der Waals surface area contributed by atoms with E-state index < -0.39 is 0 Å². The van der Waals surface area contributed by atoms with Gasteiger partial charge in [-0.25, -0.2) is 4.39 Å². The van der Waals surface area contributed by atoms with Crippen LogP contribution in [0, 0.1) is 12.7 Å². The van der Waals surface area contributed by atoms with Crippen LogP contribution in [0.25, 0.3) is 0 Å². The third-order valence-corrected chi connectivity index (χ3v) is 3.16. The number of hydrogen-bond donors (Lipinski definition) is 2. The van der Waals surface area contributed by atoms with Crippen molar-refractivity contribution in [3.8, 4) is 0 Å². The largest absolute Gasteiger partial charge is 0.378 e. The molecular weight excluding hydrogens is 269 g/mol. The van der Waals surface area contributed by atoms with E-state index in [-0.39, 0.29) is 17.8 Å². The average Bonchev–Trinajstić information content (AvgIpc) is 2.42. The minimum atomic E-state index is -0.357. The third-order valence-electron chi connectivity index (χ3n) is 3.16. The van der Waals surface area contributed by atoms with Crippen molar-refractivity contribution in [3.63, 3.8) is 0 Å². The molecule has 1 unspecified atom stereocenters. The van der Waals surface area contributed by atoms with Gasteiger partial charge in [-0.3, -0.25) is 9.78 Å². The smallest absolute Gasteiger partial charge is 0.221 e. The molecular formula is C16H18FN3O. The normalized spacial score (nSPS) is 11.8. The highest BCUT2D eigenvalue weighted by molar-refractivity contribution is 5.90. The number of carbonyl (C=O) groups is 1. The van der Waals surface area contributed by atoms with Crippen molar-refractivity contribution in [3.05, 3.63) is 53.6 Å². The van der Waals surface area contributed by atoms with Crippen LogP contribution in [-0.2, 0) is 4.79 Å². The summed E-state index contributed by atoms with van der Waals surface area (Å²) in [6.07, 6.45) is 2.81. The molecule has 1 aromatic heterocycles. The van der Waals surface area contributed by atoms with E-state index in [9.17, 15) is 9.18 Å². The van der Waals surface area contributed by atoms with E-state index in [1.54, 1.807) is 6.20 Å². The molecule has 5 heteroatoms. The first-order chi connectivity index (χ1) is 9.95. The molecule has 1 heterocycles. The molecule has 1 amide bonds. The van der Waals surface area contributed by atoms with Crippen molar-refractivity contribution in [1.29, 1.82) is 0 Å². The SMILES string of the molecule is CC(=O)Nc1cc(NC(C)c2cncc(F)c2)ccc1C. The lowest BCUT2D eigenvalue weighted by Gasteiger charge is -2.17. The molecule has 0 saturated heterocycles. The molecule has 2 rings (SSSR count). The Morgan fingerprint density at radius 3 is 2.71 bits per heavy atom. The van der Waals surface area contributed by atoms with E-state index >= 15 is 0 Å². The summed E-state index contributed by atoms with van der Waals surface area (Å²) < 4.78 is 13.2. The van der Waals surface area contributed by atoms with Crippen LogP contribution in [0.15, 0.2) is 36.7 Å². The maximum absolute atomic E-state index is 13.2. The number of halogens is 1. The van der Waals surface area contributed by atoms with Crippen molar-refractivity contribution in [2.45, 2.75) is 26.8 Å². The average molecular weight is 287 g/mol. The number of nitrogens with zero attached hydrogens (tertiary/aromatic N) is 1. The molecule has 0 bridgehead atoms. The predicted octanol–water partition coefficient (Wildman–Crippen LogP) is 3.66. The Kier molecular flexibility index (Phi) is 4.52. The molecule has 0 aliphatic carbocycles. The maximum atomic E-state index is 13.2. The second-order valence-electron chi connectivity index (χ2n) is 5.01. The third kappa shape index (κ3) is 4.02. The molecule has 0 aliphatic rings. The highest BCUT2D eigenvalue weighted by Crippen LogP contribution is 2.24. The highest BCUT2D eigenvalue weighted by atomic mass is 19.1. The second-order valence-corrected chi connectivity index (χ2v) is 5.01. The van der Waals surface area contributed by atoms with Gasteiger partial charge in [0.05, 0.1) is 12.2 Å². The molecule has 0 fully saturated rings. The number of rotatable bonds is 4. The lowest BCUT2D eigenvalue weighted by Crippen LogP contribution is -2.10. The summed E-state index contributed by atoms with van der Waals surface area (Å²) >= 11 is 0. The van der Waals surface area contributed by atoms with Crippen LogP contribution in [0.5, 0.6) is 0 Å². The van der Waals surface area contributed by atoms with E-state index in [4.69, 9.17) is 0 Å². The number of benzene rings is 1. The molecule has 21 heavy (non-hydrogen) atoms. The predicted molar refractivity (Wildman–Crippen MR) is 81.7 cm³/mol. The lowest BCUT2D eigenvalue weighted by molar-refractivity contribution is -0.114. The molecule has 110 valence electrons. The van der Waals surface area contributed by atoms with Gasteiger partial charge in [0.25, 0.3) is 0 Å². The number of nitrogens with one attached hydrogen (secondary N) is 2. The van der Waals surface area contributed by atoms with Gasteiger partial charge in [-0.15, -0.1) is 0 Å². The van der Waals surface area contributed by atoms with Gasteiger partial charge in [-0.1, -0.05) is 6.07 Å². The number of hydrogen-bond acceptors (Lipinski definition) is 3. The van der Waals surface area contributed by atoms with Gasteiger partial charge in [0.15, 0.2) is 0 Å². The molecule has 1 atom stereocenters. The summed E-state index contributed by atoms with van der Waals surface area (Å²) in [6.45, 7) is 5.32. The van der Waals surface area contributed by atoms with Gasteiger partial charge in [-0.2, -0.15) is 0 Å². The van der Waals surface area contributed by atoms with E-state index in [0.717, 1.165) is 22.5 Å². The van der Waals surface area contributed by atoms with Crippen molar-refractivity contribution in [1.82, 2.24) is 4.98 Å². The van der Waals surface area contributed by atoms with Gasteiger partial charge >= 0.3 is 0 Å². The molecule has 0 spiro atoms. The van der Waals surface area contributed by atoms with Gasteiger partial charge in [0, 0.05) is 24.5 Å². The monoisotopic (exact) mass is 287 g/mol. The van der Waals surface area contributed by atoms with Crippen molar-refractivity contribution >= 4 is 17.3 Å². The van der Waals surface area contributed by atoms with Crippen molar-refractivity contribution in [2.24, 2.45) is 0 Å². The Morgan fingerprint density at radius 1 is 1.29 bits per heavy atom. The Morgan fingerprint density at radius 2 is 2.05 bits per heavy atom. The summed E-state index contributed by atoms with van der Waals surface area (Å²) in [4.78, 5) is 15.0. The number of aryl methyl sites for hydroxylation is 1. The van der Waals surface area contributed by atoms with E-state index in [1.165, 1.54) is 19.2 Å². The summed E-state index contributed by atoms with van der Waals surface area (Å²) in [5.41, 5.74) is 3.35. The highest BCUT2D eigenvalue weighted by Gasteiger charge is 2.08. The molecule has 0 saturated carbocycles. The topological polar surface area (TPSA) is 54.0 Å². The number of aromatic nitrogens is 1. The maximum Gasteiger partial charge on any atom is 0.221 e. The van der Waals surface area contributed by atoms with Gasteiger partial charge in [0.2, 0.25) is 5.91 Å². The van der Waals surface area contributed by atoms with Crippen molar-refractivity contribution in [2.75, 3.05) is 10.6 Å². The molecule has 4 nitrogen and oxygen atoms in total. The summed E-state index contributed by atoms with van der Waals surface area (Å²) in [5.74, 6) is -0.471. The molecule has 1 aromatic carbocycles. The fraction of sp³-hybridized carbons (Fsp3) is 0.250. The Hall–Kier alpha value is -2.43. The van der Waals surface area contributed by atoms with Crippen LogP contribution in [0.4, 0.5) is 15.8 Å². The molecule has 0 radical (unpaired) electrons. The van der Waals surface area contributed by atoms with Crippen molar-refractivity contribution < 1.29 is 9.18 Å². The van der Waals surface area contributed by atoms with Crippen LogP contribution < -0.4 is 10.6 Å². The Bertz CT molecular complexity index is 658. The minimum Gasteiger partial charge on any atom is -0.378 e. The summed E-state index contributed by atoms with van der Waals surface area (Å²) in [7, 11) is 0. The Labute approximate surface area is 123 Å². The van der Waals surface area contributed by atoms with Crippen LogP contribution in [0.2, 0.25) is 0 Å². The first-order valence-electron chi connectivity index (χ1n) is 6.71. The zero-order chi connectivity index (χ0) is 15.4. The minimum absolute atomic E-state index is 0.0962. The molecule has 2 aromatic rings. The van der Waals surface area contributed by atoms with E-state index in [0.29, 0.717) is 0 Å². The lowest BCUT2D eigenvalue weighted by atomic mass is 10.1. The number of amides is 1. The van der Waals surface area contributed by atoms with Gasteiger partial charge in [-0.05, 0) is 43.2 Å². The Balaban J connectivity index is 2.17. The zero-order valence-electron chi connectivity index (χ0n) is 12.3. The molecule has 2 N–H and O–H groups in total. The second kappa shape index (κ2) is 6.35. The fourth-order valence-corrected chi connectivity index (χ4v) is 2.03. The van der Waals surface area contributed by atoms with Gasteiger partial charge in [0.1, 0.15) is 5.82 Å². The summed E-state index contributed by atoms with van der Waals surface area (Å²) in [6, 6.07) is 7.06. The first kappa shape index (κ1) is 15.0. The van der Waals surface area contributed by atoms with E-state index in [1.807, 2.05) is 32.0 Å². The van der Waals surface area contributed by atoms with Crippen LogP contribution in [0.3, 0.4) is 0 Å². The van der Waals surface area contributed by atoms with Crippen LogP contribution >= 0.6 is 0 Å². The number of pyridine rings is 1. The quantitative estimate of drug-likeness (QED) is 0.902. The fourth-order valence-electron chi connectivity index (χ4n) is 2.03. The van der Waals surface area contributed by atoms with Gasteiger partial charge < -0.3 is 10.6 Å². The number of carbonyl (C=O) groups excluding carboxylic acids is 1. The first-order valence-corrected chi connectivity index (χ1v) is 6.71. The molecule has 0 aliphatic heterocycles. The van der Waals surface area contributed by atoms with E-state index in [2.05, 4.69) is 15.6 Å². The zero-order valence-corrected chi connectivity index (χ0v) is 12.3. The summed E-state index contributed by atoms with van der Waals surface area (Å²) in [5, 5.41) is 6.05. The number of anilines is 2.